The Morgan fingerprint density at radius 3 is 1.45 bits per heavy atom. The summed E-state index contributed by atoms with van der Waals surface area (Å²) in [7, 11) is 0. The molecule has 0 radical (unpaired) electrons. The molecule has 0 atom stereocenters. The number of hydrogen-bond donors (Lipinski definition) is 0. The number of para-hydroxylation sites is 4. The molecule has 10 aromatic carbocycles. The molecule has 1 aliphatic heterocycles. The first-order valence-corrected chi connectivity index (χ1v) is 25.1. The first-order chi connectivity index (χ1) is 36.7. The van der Waals surface area contributed by atoms with Crippen molar-refractivity contribution >= 4 is 134 Å². The molecule has 0 saturated carbocycles. The zero-order valence-electron chi connectivity index (χ0n) is 39.7. The number of benzene rings is 10. The number of hydrogen-bond acceptors (Lipinski definition) is 4. The van der Waals surface area contributed by atoms with Crippen molar-refractivity contribution < 1.29 is 8.83 Å². The van der Waals surface area contributed by atoms with Crippen molar-refractivity contribution in [3.8, 4) is 28.6 Å². The van der Waals surface area contributed by atoms with Crippen LogP contribution in [0.1, 0.15) is 5.69 Å². The summed E-state index contributed by atoms with van der Waals surface area (Å²) in [5.74, 6) is 0. The van der Waals surface area contributed by atoms with Crippen molar-refractivity contribution in [2.45, 2.75) is 0 Å². The van der Waals surface area contributed by atoms with Crippen LogP contribution in [0.3, 0.4) is 0 Å². The number of aromatic nitrogens is 3. The van der Waals surface area contributed by atoms with Crippen molar-refractivity contribution in [2.75, 3.05) is 0 Å². The molecule has 0 unspecified atom stereocenters. The highest BCUT2D eigenvalue weighted by molar-refractivity contribution is 7.11. The summed E-state index contributed by atoms with van der Waals surface area (Å²) in [5.41, 5.74) is 18.5. The van der Waals surface area contributed by atoms with Crippen LogP contribution in [0, 0.1) is 11.3 Å². The molecule has 0 spiro atoms. The molecule has 8 heteroatoms. The molecule has 0 N–H and O–H groups in total. The van der Waals surface area contributed by atoms with Gasteiger partial charge >= 0.3 is 0 Å². The van der Waals surface area contributed by atoms with Gasteiger partial charge < -0.3 is 18.0 Å². The van der Waals surface area contributed by atoms with Crippen LogP contribution in [0.5, 0.6) is 0 Å². The summed E-state index contributed by atoms with van der Waals surface area (Å²) >= 11 is 0. The molecule has 6 nitrogen and oxygen atoms in total. The van der Waals surface area contributed by atoms with E-state index in [2.05, 4.69) is 221 Å². The van der Waals surface area contributed by atoms with Crippen LogP contribution in [-0.2, 0) is 0 Å². The smallest absolute Gasteiger partial charge is 0.264 e. The normalized spacial score (nSPS) is 12.5. The topological polar surface area (TPSA) is 72.8 Å². The van der Waals surface area contributed by atoms with Crippen molar-refractivity contribution in [3.05, 3.63) is 236 Å². The van der Waals surface area contributed by atoms with Gasteiger partial charge in [0.15, 0.2) is 0 Å². The predicted molar refractivity (Wildman–Crippen MR) is 306 cm³/mol. The minimum atomic E-state index is -0.177. The monoisotopic (exact) mass is 940 g/mol. The first kappa shape index (κ1) is 40.9. The number of nitrogens with zero attached hydrogens (tertiary/aromatic N) is 4. The van der Waals surface area contributed by atoms with E-state index >= 15 is 0 Å². The van der Waals surface area contributed by atoms with Crippen molar-refractivity contribution in [1.29, 1.82) is 5.26 Å². The fourth-order valence-corrected chi connectivity index (χ4v) is 12.7. The molecule has 16 rings (SSSR count). The molecule has 340 valence electrons. The van der Waals surface area contributed by atoms with Crippen molar-refractivity contribution in [1.82, 2.24) is 14.1 Å². The van der Waals surface area contributed by atoms with Gasteiger partial charge in [0.25, 0.3) is 6.71 Å². The van der Waals surface area contributed by atoms with Gasteiger partial charge in [0.2, 0.25) is 6.71 Å². The molecule has 0 amide bonds. The largest absolute Gasteiger partial charge is 0.456 e. The fourth-order valence-electron chi connectivity index (χ4n) is 12.7. The average molecular weight is 941 g/mol. The van der Waals surface area contributed by atoms with Crippen LogP contribution >= 0.6 is 0 Å². The number of rotatable bonds is 5. The van der Waals surface area contributed by atoms with E-state index in [-0.39, 0.29) is 13.4 Å². The van der Waals surface area contributed by atoms with Gasteiger partial charge in [-0.1, -0.05) is 191 Å². The quantitative estimate of drug-likeness (QED) is 0.161. The van der Waals surface area contributed by atoms with E-state index < -0.39 is 0 Å². The SMILES string of the molecule is N#Cc1nc(B2c3ccccc3B(c3ccccc3)c3ccccc32)ccc1-c1ccc(-n2c3ccccc3c3cc4oc5ccccc5c4cc32)cc1-n1c2ccccc2c2cc3oc4ccccc4c3cc21. The second kappa shape index (κ2) is 15.6. The second-order valence-corrected chi connectivity index (χ2v) is 19.6. The van der Waals surface area contributed by atoms with Gasteiger partial charge in [0.05, 0.1) is 27.8 Å². The van der Waals surface area contributed by atoms with Crippen LogP contribution in [0.4, 0.5) is 0 Å². The Morgan fingerprint density at radius 2 is 0.851 bits per heavy atom. The van der Waals surface area contributed by atoms with Gasteiger partial charge in [-0.15, -0.1) is 0 Å². The summed E-state index contributed by atoms with van der Waals surface area (Å²) in [6, 6.07) is 84.5. The van der Waals surface area contributed by atoms with Crippen molar-refractivity contribution in [3.63, 3.8) is 0 Å². The van der Waals surface area contributed by atoms with Gasteiger partial charge in [-0.05, 0) is 66.7 Å². The van der Waals surface area contributed by atoms with E-state index in [1.54, 1.807) is 0 Å². The number of furan rings is 2. The minimum absolute atomic E-state index is 0.0720. The Balaban J connectivity index is 0.961. The first-order valence-electron chi connectivity index (χ1n) is 25.1. The molecular weight excluding hydrogens is 902 g/mol. The van der Waals surface area contributed by atoms with Crippen LogP contribution in [0.2, 0.25) is 0 Å². The van der Waals surface area contributed by atoms with Crippen LogP contribution < -0.4 is 32.9 Å². The lowest BCUT2D eigenvalue weighted by molar-refractivity contribution is 0.669. The Hall–Kier alpha value is -9.83. The maximum absolute atomic E-state index is 11.4. The zero-order chi connectivity index (χ0) is 48.6. The number of pyridine rings is 1. The second-order valence-electron chi connectivity index (χ2n) is 19.6. The van der Waals surface area contributed by atoms with Crippen LogP contribution in [0.15, 0.2) is 239 Å². The Bertz CT molecular complexity index is 4850. The van der Waals surface area contributed by atoms with E-state index in [4.69, 9.17) is 13.8 Å². The van der Waals surface area contributed by atoms with Crippen LogP contribution in [0.25, 0.3) is 110 Å². The van der Waals surface area contributed by atoms with Gasteiger partial charge in [0, 0.05) is 65.5 Å². The predicted octanol–water partition coefficient (Wildman–Crippen LogP) is 12.0. The third-order valence-electron chi connectivity index (χ3n) is 15.8. The molecule has 0 aliphatic carbocycles. The summed E-state index contributed by atoms with van der Waals surface area (Å²) in [6.07, 6.45) is 0. The van der Waals surface area contributed by atoms with Gasteiger partial charge in [-0.25, -0.2) is 0 Å². The van der Waals surface area contributed by atoms with Gasteiger partial charge in [-0.3, -0.25) is 4.98 Å². The highest BCUT2D eigenvalue weighted by Gasteiger charge is 2.39. The molecule has 1 aliphatic rings. The zero-order valence-corrected chi connectivity index (χ0v) is 39.7. The molecule has 15 aromatic rings. The summed E-state index contributed by atoms with van der Waals surface area (Å²) in [6.45, 7) is -0.105. The van der Waals surface area contributed by atoms with Gasteiger partial charge in [-0.2, -0.15) is 5.26 Å². The summed E-state index contributed by atoms with van der Waals surface area (Å²) in [5, 5.41) is 20.1. The Morgan fingerprint density at radius 1 is 0.365 bits per heavy atom. The lowest BCUT2D eigenvalue weighted by Gasteiger charge is -2.31. The van der Waals surface area contributed by atoms with E-state index in [0.29, 0.717) is 5.69 Å². The Kier molecular flexibility index (Phi) is 8.60. The lowest BCUT2D eigenvalue weighted by atomic mass is 9.21. The molecule has 0 fully saturated rings. The Labute approximate surface area is 424 Å². The third kappa shape index (κ3) is 5.81. The van der Waals surface area contributed by atoms with E-state index in [1.165, 1.54) is 27.3 Å². The molecule has 0 bridgehead atoms. The molecule has 74 heavy (non-hydrogen) atoms. The molecule has 0 saturated heterocycles. The summed E-state index contributed by atoms with van der Waals surface area (Å²) in [4.78, 5) is 5.41. The summed E-state index contributed by atoms with van der Waals surface area (Å²) < 4.78 is 17.7. The molecular formula is C66H38B2N4O2. The van der Waals surface area contributed by atoms with E-state index in [1.807, 2.05) is 24.3 Å². The number of fused-ring (bicyclic) bond motifs is 14. The van der Waals surface area contributed by atoms with Crippen molar-refractivity contribution in [2.24, 2.45) is 0 Å². The fraction of sp³-hybridized carbons (Fsp3) is 0. The van der Waals surface area contributed by atoms with E-state index in [0.717, 1.165) is 116 Å². The lowest BCUT2D eigenvalue weighted by Crippen LogP contribution is -2.75. The highest BCUT2D eigenvalue weighted by atomic mass is 16.3. The highest BCUT2D eigenvalue weighted by Crippen LogP contribution is 2.43. The molecule has 5 aromatic heterocycles. The minimum Gasteiger partial charge on any atom is -0.456 e. The van der Waals surface area contributed by atoms with Gasteiger partial charge in [0.1, 0.15) is 34.1 Å². The molecule has 6 heterocycles. The maximum atomic E-state index is 11.4. The maximum Gasteiger partial charge on any atom is 0.264 e. The number of nitriles is 1. The van der Waals surface area contributed by atoms with E-state index in [9.17, 15) is 5.26 Å². The standard InChI is InChI=1S/C66H38B2N4O2/c69-39-56-42(32-33-66(70-56)68-54-24-10-8-22-52(54)67(40-16-2-1-3-17-40)53-23-9-11-25-55(53)68)45-31-30-41(71-57-26-12-4-18-43(57)48-37-64-50(35-60(48)71)46-20-6-14-28-62(46)73-64)34-59(45)72-58-27-13-5-19-44(58)49-38-65-51(36-61(49)72)47-21-7-15-29-63(47)74-65/h1-38H. The average Bonchev–Trinajstić information content (AvgIpc) is 4.20. The third-order valence-corrected chi connectivity index (χ3v) is 15.8. The van der Waals surface area contributed by atoms with Crippen LogP contribution in [-0.4, -0.2) is 27.5 Å².